The van der Waals surface area contributed by atoms with Gasteiger partial charge in [-0.3, -0.25) is 0 Å². The number of hydrogen-bond acceptors (Lipinski definition) is 7. The number of benzene rings is 2. The first-order chi connectivity index (χ1) is 14.9. The number of aromatic nitrogens is 5. The molecule has 2 aromatic carbocycles. The molecule has 0 aliphatic rings. The largest absolute Gasteiger partial charge is 0.496 e. The summed E-state index contributed by atoms with van der Waals surface area (Å²) in [7, 11) is 3.58. The highest BCUT2D eigenvalue weighted by Crippen LogP contribution is 2.30. The molecule has 0 N–H and O–H groups in total. The van der Waals surface area contributed by atoms with Crippen LogP contribution < -0.4 is 4.74 Å². The van der Waals surface area contributed by atoms with Crippen molar-refractivity contribution in [2.75, 3.05) is 7.11 Å². The third kappa shape index (κ3) is 4.49. The number of ether oxygens (including phenoxy) is 1. The van der Waals surface area contributed by atoms with Crippen molar-refractivity contribution in [3.63, 3.8) is 0 Å². The van der Waals surface area contributed by atoms with E-state index in [1.807, 2.05) is 35.9 Å². The molecular formula is C23H25N5O2S. The first-order valence-corrected chi connectivity index (χ1v) is 10.9. The first-order valence-electron chi connectivity index (χ1n) is 9.96. The summed E-state index contributed by atoms with van der Waals surface area (Å²) in [4.78, 5) is 4.50. The van der Waals surface area contributed by atoms with Gasteiger partial charge in [0.1, 0.15) is 5.75 Å². The van der Waals surface area contributed by atoms with Gasteiger partial charge in [0.05, 0.1) is 18.4 Å². The van der Waals surface area contributed by atoms with Gasteiger partial charge in [-0.2, -0.15) is 4.98 Å². The molecule has 0 amide bonds. The third-order valence-corrected chi connectivity index (χ3v) is 5.99. The van der Waals surface area contributed by atoms with Gasteiger partial charge < -0.3 is 13.8 Å². The highest BCUT2D eigenvalue weighted by molar-refractivity contribution is 7.98. The summed E-state index contributed by atoms with van der Waals surface area (Å²) in [6.45, 7) is 6.61. The van der Waals surface area contributed by atoms with E-state index in [-0.39, 0.29) is 5.41 Å². The zero-order valence-corrected chi connectivity index (χ0v) is 19.1. The first kappa shape index (κ1) is 21.1. The molecule has 0 aliphatic carbocycles. The van der Waals surface area contributed by atoms with Gasteiger partial charge in [-0.15, -0.1) is 10.2 Å². The van der Waals surface area contributed by atoms with Crippen LogP contribution in [0.4, 0.5) is 0 Å². The molecule has 0 saturated heterocycles. The Labute approximate surface area is 185 Å². The number of methoxy groups -OCH3 is 1. The maximum atomic E-state index is 5.42. The van der Waals surface area contributed by atoms with E-state index in [1.165, 1.54) is 17.3 Å². The summed E-state index contributed by atoms with van der Waals surface area (Å²) in [6.07, 6.45) is 0. The van der Waals surface area contributed by atoms with Crippen LogP contribution in [-0.4, -0.2) is 32.0 Å². The minimum absolute atomic E-state index is 0.117. The summed E-state index contributed by atoms with van der Waals surface area (Å²) in [5.41, 5.74) is 3.23. The summed E-state index contributed by atoms with van der Waals surface area (Å²) >= 11 is 1.50. The molecule has 4 aromatic rings. The van der Waals surface area contributed by atoms with Gasteiger partial charge in [0.15, 0.2) is 11.0 Å². The predicted molar refractivity (Wildman–Crippen MR) is 121 cm³/mol. The summed E-state index contributed by atoms with van der Waals surface area (Å²) < 4.78 is 12.8. The van der Waals surface area contributed by atoms with Crippen LogP contribution in [0.3, 0.4) is 0 Å². The minimum atomic E-state index is 0.117. The summed E-state index contributed by atoms with van der Waals surface area (Å²) in [6, 6.07) is 16.1. The fraction of sp³-hybridized carbons (Fsp3) is 0.304. The van der Waals surface area contributed by atoms with Crippen molar-refractivity contribution < 1.29 is 9.26 Å². The summed E-state index contributed by atoms with van der Waals surface area (Å²) in [5.74, 6) is 3.05. The van der Waals surface area contributed by atoms with E-state index in [0.29, 0.717) is 23.2 Å². The molecule has 160 valence electrons. The van der Waals surface area contributed by atoms with Gasteiger partial charge in [0.25, 0.3) is 0 Å². The fourth-order valence-electron chi connectivity index (χ4n) is 3.19. The normalized spacial score (nSPS) is 11.6. The number of thioether (sulfide) groups is 1. The van der Waals surface area contributed by atoms with E-state index in [4.69, 9.17) is 9.26 Å². The standard InChI is InChI=1S/C23H25N5O2S/c1-23(2,3)16-12-10-15(11-13-16)21-25-26-22(28(21)4)31-14-19-24-20(27-30-19)17-8-6-7-9-18(17)29-5/h6-13H,14H2,1-5H3. The van der Waals surface area contributed by atoms with Crippen molar-refractivity contribution in [2.45, 2.75) is 37.1 Å². The molecule has 2 heterocycles. The Hall–Kier alpha value is -3.13. The molecule has 0 saturated carbocycles. The van der Waals surface area contributed by atoms with E-state index in [2.05, 4.69) is 65.4 Å². The van der Waals surface area contributed by atoms with E-state index in [1.54, 1.807) is 7.11 Å². The average Bonchev–Trinajstić information content (AvgIpc) is 3.38. The van der Waals surface area contributed by atoms with Gasteiger partial charge in [-0.1, -0.05) is 74.1 Å². The lowest BCUT2D eigenvalue weighted by Gasteiger charge is -2.19. The number of rotatable bonds is 6. The Kier molecular flexibility index (Phi) is 5.82. The molecule has 0 atom stereocenters. The van der Waals surface area contributed by atoms with Gasteiger partial charge in [-0.05, 0) is 23.1 Å². The van der Waals surface area contributed by atoms with Crippen LogP contribution in [0, 0.1) is 0 Å². The predicted octanol–water partition coefficient (Wildman–Crippen LogP) is 5.13. The van der Waals surface area contributed by atoms with Crippen molar-refractivity contribution in [1.82, 2.24) is 24.9 Å². The minimum Gasteiger partial charge on any atom is -0.496 e. The topological polar surface area (TPSA) is 78.9 Å². The highest BCUT2D eigenvalue weighted by Gasteiger charge is 2.17. The number of hydrogen-bond donors (Lipinski definition) is 0. The van der Waals surface area contributed by atoms with Crippen molar-refractivity contribution >= 4 is 11.8 Å². The van der Waals surface area contributed by atoms with E-state index in [0.717, 1.165) is 22.1 Å². The third-order valence-electron chi connectivity index (χ3n) is 4.98. The molecule has 0 spiro atoms. The van der Waals surface area contributed by atoms with Crippen LogP contribution in [0.5, 0.6) is 5.75 Å². The number of para-hydroxylation sites is 1. The molecule has 4 rings (SSSR count). The van der Waals surface area contributed by atoms with Crippen LogP contribution in [0.15, 0.2) is 58.2 Å². The van der Waals surface area contributed by atoms with Crippen LogP contribution in [0.2, 0.25) is 0 Å². The van der Waals surface area contributed by atoms with E-state index >= 15 is 0 Å². The van der Waals surface area contributed by atoms with E-state index in [9.17, 15) is 0 Å². The molecule has 0 unspecified atom stereocenters. The fourth-order valence-corrected chi connectivity index (χ4v) is 3.94. The molecule has 7 nitrogen and oxygen atoms in total. The van der Waals surface area contributed by atoms with Crippen LogP contribution in [0.25, 0.3) is 22.8 Å². The molecule has 8 heteroatoms. The van der Waals surface area contributed by atoms with Gasteiger partial charge in [0.2, 0.25) is 11.7 Å². The van der Waals surface area contributed by atoms with Gasteiger partial charge in [-0.25, -0.2) is 0 Å². The Morgan fingerprint density at radius 2 is 1.77 bits per heavy atom. The monoisotopic (exact) mass is 435 g/mol. The second-order valence-corrected chi connectivity index (χ2v) is 9.14. The smallest absolute Gasteiger partial charge is 0.237 e. The second kappa shape index (κ2) is 8.55. The zero-order valence-electron chi connectivity index (χ0n) is 18.3. The molecule has 0 fully saturated rings. The van der Waals surface area contributed by atoms with Crippen molar-refractivity contribution in [3.05, 3.63) is 60.0 Å². The maximum absolute atomic E-state index is 5.42. The molecule has 0 bridgehead atoms. The second-order valence-electron chi connectivity index (χ2n) is 8.19. The Morgan fingerprint density at radius 1 is 1.03 bits per heavy atom. The zero-order chi connectivity index (χ0) is 22.0. The van der Waals surface area contributed by atoms with Crippen molar-refractivity contribution in [1.29, 1.82) is 0 Å². The molecule has 0 aliphatic heterocycles. The molecule has 2 aromatic heterocycles. The van der Waals surface area contributed by atoms with E-state index < -0.39 is 0 Å². The van der Waals surface area contributed by atoms with Gasteiger partial charge in [0, 0.05) is 12.6 Å². The molecular weight excluding hydrogens is 410 g/mol. The van der Waals surface area contributed by atoms with Crippen molar-refractivity contribution in [3.8, 4) is 28.5 Å². The van der Waals surface area contributed by atoms with Crippen LogP contribution in [-0.2, 0) is 18.2 Å². The van der Waals surface area contributed by atoms with Gasteiger partial charge >= 0.3 is 0 Å². The lowest BCUT2D eigenvalue weighted by molar-refractivity contribution is 0.390. The highest BCUT2D eigenvalue weighted by atomic mass is 32.2. The summed E-state index contributed by atoms with van der Waals surface area (Å²) in [5, 5.41) is 13.6. The Balaban J connectivity index is 1.47. The SMILES string of the molecule is COc1ccccc1-c1noc(CSc2nnc(-c3ccc(C(C)(C)C)cc3)n2C)n1. The van der Waals surface area contributed by atoms with Crippen molar-refractivity contribution in [2.24, 2.45) is 7.05 Å². The lowest BCUT2D eigenvalue weighted by Crippen LogP contribution is -2.10. The Bertz CT molecular complexity index is 1180. The average molecular weight is 436 g/mol. The number of nitrogens with zero attached hydrogens (tertiary/aromatic N) is 5. The quantitative estimate of drug-likeness (QED) is 0.388. The molecule has 31 heavy (non-hydrogen) atoms. The Morgan fingerprint density at radius 3 is 2.48 bits per heavy atom. The van der Waals surface area contributed by atoms with Crippen LogP contribution >= 0.6 is 11.8 Å². The maximum Gasteiger partial charge on any atom is 0.237 e. The lowest BCUT2D eigenvalue weighted by atomic mass is 9.87. The molecule has 0 radical (unpaired) electrons. The van der Waals surface area contributed by atoms with Crippen LogP contribution in [0.1, 0.15) is 32.2 Å².